The molecule has 2 saturated heterocycles. The number of carboxylic acid groups (broad SMARTS) is 1. The number of hydrogen-bond acceptors (Lipinski definition) is 4. The number of ether oxygens (including phenoxy) is 1. The first-order chi connectivity index (χ1) is 8.16. The van der Waals surface area contributed by atoms with Gasteiger partial charge < -0.3 is 20.1 Å². The van der Waals surface area contributed by atoms with Crippen LogP contribution in [0.5, 0.6) is 0 Å². The number of likely N-dealkylation sites (tertiary alicyclic amines) is 1. The van der Waals surface area contributed by atoms with E-state index in [1.54, 1.807) is 4.90 Å². The van der Waals surface area contributed by atoms with Gasteiger partial charge in [0.05, 0.1) is 13.2 Å². The van der Waals surface area contributed by atoms with Crippen molar-refractivity contribution in [3.8, 4) is 0 Å². The zero-order valence-corrected chi connectivity index (χ0v) is 9.72. The van der Waals surface area contributed by atoms with Crippen molar-refractivity contribution in [3.63, 3.8) is 0 Å². The highest BCUT2D eigenvalue weighted by Gasteiger charge is 2.32. The van der Waals surface area contributed by atoms with Crippen LogP contribution in [0.4, 0.5) is 0 Å². The molecule has 0 spiro atoms. The number of amides is 1. The fourth-order valence-corrected chi connectivity index (χ4v) is 2.39. The number of aliphatic carboxylic acids is 1. The van der Waals surface area contributed by atoms with E-state index in [0.717, 1.165) is 6.42 Å². The van der Waals surface area contributed by atoms with Gasteiger partial charge in [0.25, 0.3) is 0 Å². The molecule has 6 heteroatoms. The van der Waals surface area contributed by atoms with Crippen molar-refractivity contribution < 1.29 is 19.4 Å². The molecule has 17 heavy (non-hydrogen) atoms. The lowest BCUT2D eigenvalue weighted by Crippen LogP contribution is -2.52. The molecule has 2 aliphatic rings. The standard InChI is InChI=1S/C11H18N2O4/c14-10(15)5-8-1-3-13(6-8)11(16)9-7-17-4-2-12-9/h8-9,12H,1-7H2,(H,14,15). The monoisotopic (exact) mass is 242 g/mol. The first-order valence-electron chi connectivity index (χ1n) is 5.98. The molecule has 0 saturated carbocycles. The van der Waals surface area contributed by atoms with Crippen LogP contribution in [0.1, 0.15) is 12.8 Å². The van der Waals surface area contributed by atoms with E-state index in [-0.39, 0.29) is 24.3 Å². The second-order valence-corrected chi connectivity index (χ2v) is 4.62. The van der Waals surface area contributed by atoms with Crippen LogP contribution >= 0.6 is 0 Å². The zero-order valence-electron chi connectivity index (χ0n) is 9.72. The molecule has 2 fully saturated rings. The number of rotatable bonds is 3. The largest absolute Gasteiger partial charge is 0.481 e. The van der Waals surface area contributed by atoms with Crippen LogP contribution < -0.4 is 5.32 Å². The van der Waals surface area contributed by atoms with Crippen molar-refractivity contribution in [2.75, 3.05) is 32.8 Å². The van der Waals surface area contributed by atoms with Crippen molar-refractivity contribution in [3.05, 3.63) is 0 Å². The summed E-state index contributed by atoms with van der Waals surface area (Å²) >= 11 is 0. The zero-order chi connectivity index (χ0) is 12.3. The Balaban J connectivity index is 1.82. The number of carbonyl (C=O) groups excluding carboxylic acids is 1. The van der Waals surface area contributed by atoms with Crippen LogP contribution in [-0.2, 0) is 14.3 Å². The summed E-state index contributed by atoms with van der Waals surface area (Å²) in [7, 11) is 0. The van der Waals surface area contributed by atoms with Gasteiger partial charge in [0.15, 0.2) is 0 Å². The van der Waals surface area contributed by atoms with Crippen LogP contribution in [-0.4, -0.2) is 60.8 Å². The van der Waals surface area contributed by atoms with E-state index in [1.807, 2.05) is 0 Å². The number of carboxylic acids is 1. The van der Waals surface area contributed by atoms with Crippen molar-refractivity contribution in [1.82, 2.24) is 10.2 Å². The Morgan fingerprint density at radius 1 is 1.47 bits per heavy atom. The van der Waals surface area contributed by atoms with E-state index in [2.05, 4.69) is 5.32 Å². The summed E-state index contributed by atoms with van der Waals surface area (Å²) in [5.41, 5.74) is 0. The lowest BCUT2D eigenvalue weighted by molar-refractivity contribution is -0.139. The Hall–Kier alpha value is -1.14. The maximum absolute atomic E-state index is 12.1. The highest BCUT2D eigenvalue weighted by Crippen LogP contribution is 2.20. The predicted molar refractivity (Wildman–Crippen MR) is 59.5 cm³/mol. The third kappa shape index (κ3) is 3.17. The minimum atomic E-state index is -0.788. The van der Waals surface area contributed by atoms with Gasteiger partial charge in [-0.15, -0.1) is 0 Å². The Labute approximate surface area is 99.9 Å². The Morgan fingerprint density at radius 3 is 2.94 bits per heavy atom. The second-order valence-electron chi connectivity index (χ2n) is 4.62. The second kappa shape index (κ2) is 5.46. The molecular formula is C11H18N2O4. The minimum Gasteiger partial charge on any atom is -0.481 e. The van der Waals surface area contributed by atoms with E-state index < -0.39 is 5.97 Å². The summed E-state index contributed by atoms with van der Waals surface area (Å²) in [6.07, 6.45) is 0.935. The summed E-state index contributed by atoms with van der Waals surface area (Å²) in [5, 5.41) is 11.8. The molecule has 0 aromatic heterocycles. The number of nitrogens with one attached hydrogen (secondary N) is 1. The molecule has 2 atom stereocenters. The molecule has 0 bridgehead atoms. The quantitative estimate of drug-likeness (QED) is 0.684. The lowest BCUT2D eigenvalue weighted by atomic mass is 10.1. The third-order valence-corrected chi connectivity index (χ3v) is 3.28. The molecule has 0 radical (unpaired) electrons. The molecule has 96 valence electrons. The van der Waals surface area contributed by atoms with Gasteiger partial charge >= 0.3 is 5.97 Å². The van der Waals surface area contributed by atoms with Crippen LogP contribution in [0, 0.1) is 5.92 Å². The topological polar surface area (TPSA) is 78.9 Å². The van der Waals surface area contributed by atoms with Crippen LogP contribution in [0.2, 0.25) is 0 Å². The molecule has 2 aliphatic heterocycles. The molecule has 0 aliphatic carbocycles. The van der Waals surface area contributed by atoms with Gasteiger partial charge in [-0.05, 0) is 12.3 Å². The molecule has 2 N–H and O–H groups in total. The molecule has 1 amide bonds. The van der Waals surface area contributed by atoms with E-state index in [4.69, 9.17) is 9.84 Å². The average molecular weight is 242 g/mol. The lowest BCUT2D eigenvalue weighted by Gasteiger charge is -2.27. The number of morpholine rings is 1. The Morgan fingerprint density at radius 2 is 2.29 bits per heavy atom. The normalized spacial score (nSPS) is 29.3. The summed E-state index contributed by atoms with van der Waals surface area (Å²) in [6.45, 7) is 2.98. The summed E-state index contributed by atoms with van der Waals surface area (Å²) in [6, 6.07) is -0.257. The van der Waals surface area contributed by atoms with Crippen molar-refractivity contribution in [1.29, 1.82) is 0 Å². The third-order valence-electron chi connectivity index (χ3n) is 3.28. The van der Waals surface area contributed by atoms with Crippen LogP contribution in [0.15, 0.2) is 0 Å². The molecule has 0 aromatic carbocycles. The first-order valence-corrected chi connectivity index (χ1v) is 5.98. The van der Waals surface area contributed by atoms with Crippen molar-refractivity contribution in [2.24, 2.45) is 5.92 Å². The molecule has 2 heterocycles. The van der Waals surface area contributed by atoms with Gasteiger partial charge in [-0.2, -0.15) is 0 Å². The summed E-state index contributed by atoms with van der Waals surface area (Å²) < 4.78 is 5.25. The highest BCUT2D eigenvalue weighted by atomic mass is 16.5. The minimum absolute atomic E-state index is 0.0394. The fraction of sp³-hybridized carbons (Fsp3) is 0.818. The first kappa shape index (κ1) is 12.3. The van der Waals surface area contributed by atoms with E-state index >= 15 is 0 Å². The van der Waals surface area contributed by atoms with Gasteiger partial charge in [0.2, 0.25) is 5.91 Å². The number of carbonyl (C=O) groups is 2. The van der Waals surface area contributed by atoms with Crippen molar-refractivity contribution >= 4 is 11.9 Å². The Kier molecular flexibility index (Phi) is 3.96. The number of nitrogens with zero attached hydrogens (tertiary/aromatic N) is 1. The van der Waals surface area contributed by atoms with Gasteiger partial charge in [-0.1, -0.05) is 0 Å². The molecule has 2 rings (SSSR count). The van der Waals surface area contributed by atoms with E-state index in [0.29, 0.717) is 32.8 Å². The SMILES string of the molecule is O=C(O)CC1CCN(C(=O)C2COCCN2)C1. The van der Waals surface area contributed by atoms with Gasteiger partial charge in [0.1, 0.15) is 6.04 Å². The van der Waals surface area contributed by atoms with E-state index in [9.17, 15) is 9.59 Å². The maximum atomic E-state index is 12.1. The van der Waals surface area contributed by atoms with Gasteiger partial charge in [0, 0.05) is 26.1 Å². The van der Waals surface area contributed by atoms with Gasteiger partial charge in [-0.25, -0.2) is 0 Å². The average Bonchev–Trinajstić information content (AvgIpc) is 2.77. The molecule has 2 unspecified atom stereocenters. The van der Waals surface area contributed by atoms with Crippen LogP contribution in [0.25, 0.3) is 0 Å². The smallest absolute Gasteiger partial charge is 0.303 e. The highest BCUT2D eigenvalue weighted by molar-refractivity contribution is 5.82. The maximum Gasteiger partial charge on any atom is 0.303 e. The summed E-state index contributed by atoms with van der Waals surface area (Å²) in [5.74, 6) is -0.651. The van der Waals surface area contributed by atoms with Gasteiger partial charge in [-0.3, -0.25) is 9.59 Å². The summed E-state index contributed by atoms with van der Waals surface area (Å²) in [4.78, 5) is 24.4. The predicted octanol–water partition coefficient (Wildman–Crippen LogP) is -0.702. The van der Waals surface area contributed by atoms with Crippen LogP contribution in [0.3, 0.4) is 0 Å². The molecular weight excluding hydrogens is 224 g/mol. The fourth-order valence-electron chi connectivity index (χ4n) is 2.39. The number of hydrogen-bond donors (Lipinski definition) is 2. The van der Waals surface area contributed by atoms with E-state index in [1.165, 1.54) is 0 Å². The van der Waals surface area contributed by atoms with Crippen molar-refractivity contribution in [2.45, 2.75) is 18.9 Å². The molecule has 0 aromatic rings. The molecule has 6 nitrogen and oxygen atoms in total. The Bertz CT molecular complexity index is 302.